The maximum Gasteiger partial charge on any atom is 0.191 e. The van der Waals surface area contributed by atoms with E-state index >= 15 is 0 Å². The number of rotatable bonds is 5. The molecule has 0 unspecified atom stereocenters. The molecule has 7 heteroatoms. The molecule has 0 aliphatic carbocycles. The van der Waals surface area contributed by atoms with E-state index in [1.165, 1.54) is 18.2 Å². The fourth-order valence-electron chi connectivity index (χ4n) is 2.38. The summed E-state index contributed by atoms with van der Waals surface area (Å²) in [5.74, 6) is -0.602. The molecular weight excluding hydrogens is 354 g/mol. The van der Waals surface area contributed by atoms with Gasteiger partial charge in [0.1, 0.15) is 11.6 Å². The number of nitrogens with one attached hydrogen (secondary N) is 2. The smallest absolute Gasteiger partial charge is 0.191 e. The fourth-order valence-corrected chi connectivity index (χ4v) is 2.55. The highest BCUT2D eigenvalue weighted by Crippen LogP contribution is 2.11. The number of aromatic nitrogens is 1. The van der Waals surface area contributed by atoms with Crippen LogP contribution >= 0.6 is 12.2 Å². The van der Waals surface area contributed by atoms with E-state index in [0.717, 1.165) is 5.69 Å². The van der Waals surface area contributed by atoms with E-state index in [2.05, 4.69) is 15.8 Å². The zero-order chi connectivity index (χ0) is 18.4. The second kappa shape index (κ2) is 8.35. The highest BCUT2D eigenvalue weighted by Gasteiger charge is 2.04. The molecule has 2 aromatic carbocycles. The lowest BCUT2D eigenvalue weighted by atomic mass is 10.2. The highest BCUT2D eigenvalue weighted by molar-refractivity contribution is 7.80. The minimum atomic E-state index is -0.354. The van der Waals surface area contributed by atoms with Crippen molar-refractivity contribution in [3.63, 3.8) is 0 Å². The van der Waals surface area contributed by atoms with E-state index in [1.54, 1.807) is 36.5 Å². The second-order valence-corrected chi connectivity index (χ2v) is 5.90. The van der Waals surface area contributed by atoms with Crippen LogP contribution in [0.2, 0.25) is 0 Å². The number of hydrogen-bond acceptors (Lipinski definition) is 2. The first-order chi connectivity index (χ1) is 12.6. The van der Waals surface area contributed by atoms with E-state index in [-0.39, 0.29) is 16.7 Å². The predicted molar refractivity (Wildman–Crippen MR) is 103 cm³/mol. The summed E-state index contributed by atoms with van der Waals surface area (Å²) in [5.41, 5.74) is 4.58. The summed E-state index contributed by atoms with van der Waals surface area (Å²) in [5, 5.41) is 7.14. The fraction of sp³-hybridized carbons (Fsp3) is 0.0526. The van der Waals surface area contributed by atoms with Gasteiger partial charge in [0.2, 0.25) is 0 Å². The van der Waals surface area contributed by atoms with Crippen molar-refractivity contribution in [2.75, 3.05) is 5.32 Å². The van der Waals surface area contributed by atoms with Crippen LogP contribution in [-0.2, 0) is 6.54 Å². The molecule has 0 saturated carbocycles. The zero-order valence-corrected chi connectivity index (χ0v) is 14.5. The van der Waals surface area contributed by atoms with Crippen molar-refractivity contribution in [3.05, 3.63) is 89.8 Å². The standard InChI is InChI=1S/C19H16F2N4S/c20-15-6-3-7-16(11-15)23-19(26)24-22-12-17-8-4-10-25(17)13-14-5-1-2-9-18(14)21/h1-12H,13H2,(H2,23,24,26). The molecule has 3 rings (SSSR count). The molecule has 2 N–H and O–H groups in total. The Morgan fingerprint density at radius 2 is 1.92 bits per heavy atom. The monoisotopic (exact) mass is 370 g/mol. The molecular formula is C19H16F2N4S. The van der Waals surface area contributed by atoms with Crippen molar-refractivity contribution in [2.24, 2.45) is 5.10 Å². The molecule has 0 aliphatic heterocycles. The van der Waals surface area contributed by atoms with Gasteiger partial charge < -0.3 is 9.88 Å². The van der Waals surface area contributed by atoms with Gasteiger partial charge in [-0.2, -0.15) is 5.10 Å². The van der Waals surface area contributed by atoms with Crippen LogP contribution in [0.5, 0.6) is 0 Å². The van der Waals surface area contributed by atoms with E-state index in [9.17, 15) is 8.78 Å². The van der Waals surface area contributed by atoms with Gasteiger partial charge >= 0.3 is 0 Å². The van der Waals surface area contributed by atoms with Crippen LogP contribution in [0.4, 0.5) is 14.5 Å². The minimum Gasteiger partial charge on any atom is -0.342 e. The Hall–Kier alpha value is -3.06. The largest absolute Gasteiger partial charge is 0.342 e. The number of anilines is 1. The maximum absolute atomic E-state index is 13.8. The number of thiocarbonyl (C=S) groups is 1. The summed E-state index contributed by atoms with van der Waals surface area (Å²) in [7, 11) is 0. The molecule has 3 aromatic rings. The first kappa shape index (κ1) is 17.8. The third kappa shape index (κ3) is 4.73. The van der Waals surface area contributed by atoms with Gasteiger partial charge in [-0.3, -0.25) is 5.43 Å². The van der Waals surface area contributed by atoms with Gasteiger partial charge in [-0.05, 0) is 48.6 Å². The quantitative estimate of drug-likeness (QED) is 0.403. The van der Waals surface area contributed by atoms with Crippen molar-refractivity contribution < 1.29 is 8.78 Å². The summed E-state index contributed by atoms with van der Waals surface area (Å²) < 4.78 is 28.8. The lowest BCUT2D eigenvalue weighted by Crippen LogP contribution is -2.24. The second-order valence-electron chi connectivity index (χ2n) is 5.49. The summed E-state index contributed by atoms with van der Waals surface area (Å²) >= 11 is 5.11. The zero-order valence-electron chi connectivity index (χ0n) is 13.7. The van der Waals surface area contributed by atoms with Crippen LogP contribution in [0, 0.1) is 11.6 Å². The van der Waals surface area contributed by atoms with E-state index < -0.39 is 0 Å². The summed E-state index contributed by atoms with van der Waals surface area (Å²) in [6.07, 6.45) is 3.43. The van der Waals surface area contributed by atoms with Crippen molar-refractivity contribution in [1.82, 2.24) is 9.99 Å². The Labute approximate surface area is 155 Å². The molecule has 0 amide bonds. The molecule has 0 aliphatic rings. The van der Waals surface area contributed by atoms with Gasteiger partial charge in [0.25, 0.3) is 0 Å². The maximum atomic E-state index is 13.8. The van der Waals surface area contributed by atoms with Crippen molar-refractivity contribution >= 4 is 29.2 Å². The predicted octanol–water partition coefficient (Wildman–Crippen LogP) is 4.14. The van der Waals surface area contributed by atoms with Gasteiger partial charge in [0, 0.05) is 17.4 Å². The minimum absolute atomic E-state index is 0.235. The molecule has 0 atom stereocenters. The van der Waals surface area contributed by atoms with Crippen LogP contribution in [0.1, 0.15) is 11.3 Å². The SMILES string of the molecule is Fc1cccc(NC(=S)NN=Cc2cccn2Cc2ccccc2F)c1. The molecule has 0 radical (unpaired) electrons. The first-order valence-electron chi connectivity index (χ1n) is 7.86. The van der Waals surface area contributed by atoms with Crippen LogP contribution < -0.4 is 10.7 Å². The highest BCUT2D eigenvalue weighted by atomic mass is 32.1. The lowest BCUT2D eigenvalue weighted by Gasteiger charge is -2.08. The number of hydrazone groups is 1. The number of halogens is 2. The van der Waals surface area contributed by atoms with E-state index in [4.69, 9.17) is 12.2 Å². The third-order valence-electron chi connectivity index (χ3n) is 3.61. The van der Waals surface area contributed by atoms with Gasteiger partial charge in [0.05, 0.1) is 18.5 Å². The average molecular weight is 370 g/mol. The first-order valence-corrected chi connectivity index (χ1v) is 8.27. The molecule has 0 bridgehead atoms. The van der Waals surface area contributed by atoms with Crippen molar-refractivity contribution in [2.45, 2.75) is 6.54 Å². The average Bonchev–Trinajstić information content (AvgIpc) is 3.04. The van der Waals surface area contributed by atoms with Crippen LogP contribution in [0.3, 0.4) is 0 Å². The van der Waals surface area contributed by atoms with Gasteiger partial charge in [-0.1, -0.05) is 24.3 Å². The Morgan fingerprint density at radius 3 is 2.73 bits per heavy atom. The molecule has 26 heavy (non-hydrogen) atoms. The summed E-state index contributed by atoms with van der Waals surface area (Å²) in [4.78, 5) is 0. The Kier molecular flexibility index (Phi) is 5.70. The number of benzene rings is 2. The molecule has 1 heterocycles. The van der Waals surface area contributed by atoms with E-state index in [0.29, 0.717) is 17.8 Å². The van der Waals surface area contributed by atoms with Crippen molar-refractivity contribution in [3.8, 4) is 0 Å². The molecule has 4 nitrogen and oxygen atoms in total. The molecule has 0 spiro atoms. The van der Waals surface area contributed by atoms with Crippen LogP contribution in [-0.4, -0.2) is 15.9 Å². The molecule has 1 aromatic heterocycles. The van der Waals surface area contributed by atoms with Gasteiger partial charge in [0.15, 0.2) is 5.11 Å². The van der Waals surface area contributed by atoms with Gasteiger partial charge in [-0.15, -0.1) is 0 Å². The molecule has 0 fully saturated rings. The summed E-state index contributed by atoms with van der Waals surface area (Å²) in [6, 6.07) is 16.3. The van der Waals surface area contributed by atoms with Crippen LogP contribution in [0.15, 0.2) is 72.0 Å². The third-order valence-corrected chi connectivity index (χ3v) is 3.80. The van der Waals surface area contributed by atoms with Crippen molar-refractivity contribution in [1.29, 1.82) is 0 Å². The van der Waals surface area contributed by atoms with Crippen LogP contribution in [0.25, 0.3) is 0 Å². The van der Waals surface area contributed by atoms with E-state index in [1.807, 2.05) is 22.9 Å². The summed E-state index contributed by atoms with van der Waals surface area (Å²) in [6.45, 7) is 0.396. The number of nitrogens with zero attached hydrogens (tertiary/aromatic N) is 2. The molecule has 0 saturated heterocycles. The Morgan fingerprint density at radius 1 is 1.08 bits per heavy atom. The molecule has 132 valence electrons. The Bertz CT molecular complexity index is 937. The number of hydrogen-bond donors (Lipinski definition) is 2. The Balaban J connectivity index is 1.60. The van der Waals surface area contributed by atoms with Gasteiger partial charge in [-0.25, -0.2) is 8.78 Å². The lowest BCUT2D eigenvalue weighted by molar-refractivity contribution is 0.599. The topological polar surface area (TPSA) is 41.4 Å². The normalized spacial score (nSPS) is 10.8.